The molecule has 2 atom stereocenters. The molecule has 114 valence electrons. The van der Waals surface area contributed by atoms with Crippen molar-refractivity contribution >= 4 is 17.6 Å². The summed E-state index contributed by atoms with van der Waals surface area (Å²) < 4.78 is 5.41. The number of pyridine rings is 1. The van der Waals surface area contributed by atoms with E-state index in [4.69, 9.17) is 15.6 Å². The third-order valence-corrected chi connectivity index (χ3v) is 3.48. The monoisotopic (exact) mass is 293 g/mol. The fourth-order valence-electron chi connectivity index (χ4n) is 2.54. The number of aryl methyl sites for hydroxylation is 2. The number of aliphatic carboxylic acids is 1. The second-order valence-electron chi connectivity index (χ2n) is 5.18. The minimum Gasteiger partial charge on any atom is -0.479 e. The van der Waals surface area contributed by atoms with Gasteiger partial charge in [-0.1, -0.05) is 0 Å². The van der Waals surface area contributed by atoms with Crippen LogP contribution in [0.3, 0.4) is 0 Å². The second-order valence-corrected chi connectivity index (χ2v) is 5.18. The van der Waals surface area contributed by atoms with Gasteiger partial charge in [-0.15, -0.1) is 0 Å². The Hall–Kier alpha value is -2.15. The van der Waals surface area contributed by atoms with E-state index in [1.165, 1.54) is 0 Å². The van der Waals surface area contributed by atoms with Crippen molar-refractivity contribution in [3.63, 3.8) is 0 Å². The second kappa shape index (κ2) is 6.09. The van der Waals surface area contributed by atoms with Crippen LogP contribution in [0.4, 0.5) is 5.69 Å². The lowest BCUT2D eigenvalue weighted by Gasteiger charge is -2.16. The molecule has 4 N–H and O–H groups in total. The minimum absolute atomic E-state index is 0.194. The molecule has 0 radical (unpaired) electrons. The Bertz CT molecular complexity index is 574. The molecule has 21 heavy (non-hydrogen) atoms. The Morgan fingerprint density at radius 1 is 1.48 bits per heavy atom. The molecule has 2 rings (SSSR count). The molecule has 1 aliphatic rings. The number of anilines is 1. The highest BCUT2D eigenvalue weighted by Crippen LogP contribution is 2.23. The van der Waals surface area contributed by atoms with Gasteiger partial charge >= 0.3 is 5.97 Å². The van der Waals surface area contributed by atoms with Crippen molar-refractivity contribution < 1.29 is 19.4 Å². The maximum absolute atomic E-state index is 11.5. The van der Waals surface area contributed by atoms with Crippen LogP contribution in [0.2, 0.25) is 0 Å². The number of carbonyl (C=O) groups excluding carboxylic acids is 1. The molecular formula is C14H19N3O4. The first-order valence-electron chi connectivity index (χ1n) is 6.78. The van der Waals surface area contributed by atoms with Crippen molar-refractivity contribution in [3.8, 4) is 0 Å². The van der Waals surface area contributed by atoms with Gasteiger partial charge in [0.15, 0.2) is 6.10 Å². The summed E-state index contributed by atoms with van der Waals surface area (Å²) in [5.41, 5.74) is 7.69. The fourth-order valence-corrected chi connectivity index (χ4v) is 2.54. The molecule has 1 fully saturated rings. The number of amides is 1. The maximum Gasteiger partial charge on any atom is 0.332 e. The summed E-state index contributed by atoms with van der Waals surface area (Å²) in [6.07, 6.45) is 0.228. The molecule has 1 aromatic rings. The van der Waals surface area contributed by atoms with E-state index >= 15 is 0 Å². The first kappa shape index (κ1) is 15.2. The lowest BCUT2D eigenvalue weighted by molar-refractivity contribution is -0.149. The number of rotatable bonds is 5. The number of carboxylic acid groups (broad SMARTS) is 1. The highest BCUT2D eigenvalue weighted by molar-refractivity contribution is 5.99. The Kier molecular flexibility index (Phi) is 4.42. The summed E-state index contributed by atoms with van der Waals surface area (Å²) in [4.78, 5) is 26.6. The third-order valence-electron chi connectivity index (χ3n) is 3.48. The molecule has 2 heterocycles. The third kappa shape index (κ3) is 3.49. The lowest BCUT2D eigenvalue weighted by Crippen LogP contribution is -2.26. The normalized spacial score (nSPS) is 21.2. The predicted octanol–water partition coefficient (Wildman–Crippen LogP) is 0.841. The molecular weight excluding hydrogens is 274 g/mol. The van der Waals surface area contributed by atoms with Crippen LogP contribution in [-0.4, -0.2) is 40.7 Å². The number of carbonyl (C=O) groups is 2. The van der Waals surface area contributed by atoms with Gasteiger partial charge in [0.05, 0.1) is 23.0 Å². The van der Waals surface area contributed by atoms with E-state index in [0.29, 0.717) is 36.3 Å². The molecule has 1 amide bonds. The number of primary amides is 1. The summed E-state index contributed by atoms with van der Waals surface area (Å²) in [5.74, 6) is -1.48. The van der Waals surface area contributed by atoms with Gasteiger partial charge < -0.3 is 20.9 Å². The highest BCUT2D eigenvalue weighted by Gasteiger charge is 2.30. The SMILES string of the molecule is Cc1cc(NCC2CCC(C(=O)O)O2)c(C(N)=O)c(C)n1. The van der Waals surface area contributed by atoms with E-state index < -0.39 is 18.0 Å². The highest BCUT2D eigenvalue weighted by atomic mass is 16.5. The smallest absolute Gasteiger partial charge is 0.332 e. The Morgan fingerprint density at radius 3 is 2.76 bits per heavy atom. The molecule has 1 saturated heterocycles. The van der Waals surface area contributed by atoms with Crippen molar-refractivity contribution in [2.75, 3.05) is 11.9 Å². The van der Waals surface area contributed by atoms with Crippen molar-refractivity contribution in [2.24, 2.45) is 5.73 Å². The largest absolute Gasteiger partial charge is 0.479 e. The number of hydrogen-bond acceptors (Lipinski definition) is 5. The van der Waals surface area contributed by atoms with Crippen molar-refractivity contribution in [1.82, 2.24) is 4.98 Å². The number of nitrogens with two attached hydrogens (primary N) is 1. The van der Waals surface area contributed by atoms with Gasteiger partial charge in [-0.3, -0.25) is 9.78 Å². The quantitative estimate of drug-likeness (QED) is 0.741. The summed E-state index contributed by atoms with van der Waals surface area (Å²) in [6.45, 7) is 3.98. The van der Waals surface area contributed by atoms with Gasteiger partial charge in [-0.2, -0.15) is 0 Å². The van der Waals surface area contributed by atoms with Gasteiger partial charge in [-0.25, -0.2) is 4.79 Å². The molecule has 0 aromatic carbocycles. The number of carboxylic acids is 1. The van der Waals surface area contributed by atoms with Crippen LogP contribution >= 0.6 is 0 Å². The number of ether oxygens (including phenoxy) is 1. The van der Waals surface area contributed by atoms with Crippen LogP contribution in [0.15, 0.2) is 6.07 Å². The van der Waals surface area contributed by atoms with E-state index in [2.05, 4.69) is 10.3 Å². The summed E-state index contributed by atoms with van der Waals surface area (Å²) in [6, 6.07) is 1.75. The van der Waals surface area contributed by atoms with E-state index in [1.54, 1.807) is 13.0 Å². The molecule has 0 saturated carbocycles. The van der Waals surface area contributed by atoms with Crippen LogP contribution in [-0.2, 0) is 9.53 Å². The maximum atomic E-state index is 11.5. The topological polar surface area (TPSA) is 115 Å². The molecule has 0 bridgehead atoms. The van der Waals surface area contributed by atoms with Gasteiger partial charge in [0, 0.05) is 12.2 Å². The molecule has 0 aliphatic carbocycles. The minimum atomic E-state index is -0.939. The van der Waals surface area contributed by atoms with Gasteiger partial charge in [0.25, 0.3) is 5.91 Å². The van der Waals surface area contributed by atoms with Crippen LogP contribution < -0.4 is 11.1 Å². The number of nitrogens with zero attached hydrogens (tertiary/aromatic N) is 1. The molecule has 1 aliphatic heterocycles. The first-order chi connectivity index (χ1) is 9.88. The van der Waals surface area contributed by atoms with Gasteiger partial charge in [-0.05, 0) is 32.8 Å². The van der Waals surface area contributed by atoms with E-state index in [-0.39, 0.29) is 6.10 Å². The summed E-state index contributed by atoms with van der Waals surface area (Å²) in [5, 5.41) is 12.0. The van der Waals surface area contributed by atoms with Crippen LogP contribution in [0, 0.1) is 13.8 Å². The average molecular weight is 293 g/mol. The zero-order chi connectivity index (χ0) is 15.6. The van der Waals surface area contributed by atoms with E-state index in [9.17, 15) is 9.59 Å². The molecule has 1 aromatic heterocycles. The molecule has 0 spiro atoms. The van der Waals surface area contributed by atoms with Crippen molar-refractivity contribution in [2.45, 2.75) is 38.9 Å². The Morgan fingerprint density at radius 2 is 2.19 bits per heavy atom. The summed E-state index contributed by atoms with van der Waals surface area (Å²) >= 11 is 0. The lowest BCUT2D eigenvalue weighted by atomic mass is 10.1. The molecule has 2 unspecified atom stereocenters. The number of hydrogen-bond donors (Lipinski definition) is 3. The van der Waals surface area contributed by atoms with Crippen molar-refractivity contribution in [3.05, 3.63) is 23.0 Å². The molecule has 7 heteroatoms. The van der Waals surface area contributed by atoms with Crippen molar-refractivity contribution in [1.29, 1.82) is 0 Å². The van der Waals surface area contributed by atoms with Crippen LogP contribution in [0.5, 0.6) is 0 Å². The fraction of sp³-hybridized carbons (Fsp3) is 0.500. The van der Waals surface area contributed by atoms with Crippen LogP contribution in [0.25, 0.3) is 0 Å². The first-order valence-corrected chi connectivity index (χ1v) is 6.78. The van der Waals surface area contributed by atoms with E-state index in [1.807, 2.05) is 6.92 Å². The zero-order valence-corrected chi connectivity index (χ0v) is 12.0. The summed E-state index contributed by atoms with van der Waals surface area (Å²) in [7, 11) is 0. The van der Waals surface area contributed by atoms with Gasteiger partial charge in [0.1, 0.15) is 0 Å². The number of nitrogens with one attached hydrogen (secondary N) is 1. The Balaban J connectivity index is 2.07. The zero-order valence-electron chi connectivity index (χ0n) is 12.0. The van der Waals surface area contributed by atoms with E-state index in [0.717, 1.165) is 5.69 Å². The predicted molar refractivity (Wildman–Crippen MR) is 76.2 cm³/mol. The van der Waals surface area contributed by atoms with Crippen LogP contribution in [0.1, 0.15) is 34.6 Å². The Labute approximate surface area is 122 Å². The van der Waals surface area contributed by atoms with Gasteiger partial charge in [0.2, 0.25) is 0 Å². The molecule has 7 nitrogen and oxygen atoms in total. The standard InChI is InChI=1S/C14H19N3O4/c1-7-5-10(12(13(15)18)8(2)17-7)16-6-9-3-4-11(21-9)14(19)20/h5,9,11H,3-4,6H2,1-2H3,(H2,15,18)(H,16,17)(H,19,20). The number of aromatic nitrogens is 1. The average Bonchev–Trinajstić information content (AvgIpc) is 2.83.